The van der Waals surface area contributed by atoms with Crippen LogP contribution >= 0.6 is 0 Å². The molecule has 0 aromatic carbocycles. The number of alkyl halides is 3. The van der Waals surface area contributed by atoms with E-state index in [4.69, 9.17) is 9.63 Å². The number of halogens is 3. The molecule has 0 spiro atoms. The van der Waals surface area contributed by atoms with E-state index in [9.17, 15) is 22.8 Å². The van der Waals surface area contributed by atoms with Crippen LogP contribution in [0.25, 0.3) is 0 Å². The summed E-state index contributed by atoms with van der Waals surface area (Å²) >= 11 is 0. The summed E-state index contributed by atoms with van der Waals surface area (Å²) in [5.41, 5.74) is -3.08. The fourth-order valence-electron chi connectivity index (χ4n) is 1.19. The highest BCUT2D eigenvalue weighted by Crippen LogP contribution is 2.30. The second-order valence-electron chi connectivity index (χ2n) is 4.16. The number of rotatable bonds is 4. The van der Waals surface area contributed by atoms with Gasteiger partial charge in [-0.1, -0.05) is 5.16 Å². The Morgan fingerprint density at radius 2 is 2.05 bits per heavy atom. The minimum absolute atomic E-state index is 0.198. The number of nitrogens with one attached hydrogen (secondary N) is 2. The number of hydrogen-bond donors (Lipinski definition) is 3. The van der Waals surface area contributed by atoms with Crippen molar-refractivity contribution in [3.63, 3.8) is 0 Å². The van der Waals surface area contributed by atoms with Crippen molar-refractivity contribution < 1.29 is 32.4 Å². The number of urea groups is 1. The lowest BCUT2D eigenvalue weighted by Crippen LogP contribution is -2.63. The summed E-state index contributed by atoms with van der Waals surface area (Å²) < 4.78 is 42.6. The number of amides is 2. The number of carbonyl (C=O) groups excluding carboxylic acids is 1. The number of carboxylic acids is 1. The molecule has 7 nitrogen and oxygen atoms in total. The highest BCUT2D eigenvalue weighted by molar-refractivity contribution is 5.86. The number of aliphatic carboxylic acids is 1. The molecule has 0 saturated heterocycles. The average Bonchev–Trinajstić information content (AvgIpc) is 2.70. The van der Waals surface area contributed by atoms with Gasteiger partial charge >= 0.3 is 18.2 Å². The molecule has 1 rings (SSSR count). The molecule has 1 unspecified atom stereocenters. The van der Waals surface area contributed by atoms with Crippen LogP contribution < -0.4 is 10.6 Å². The highest BCUT2D eigenvalue weighted by Gasteiger charge is 2.58. The van der Waals surface area contributed by atoms with E-state index in [1.54, 1.807) is 6.92 Å². The Kier molecular flexibility index (Phi) is 4.26. The number of hydrogen-bond acceptors (Lipinski definition) is 4. The predicted molar refractivity (Wildman–Crippen MR) is 58.7 cm³/mol. The Morgan fingerprint density at radius 3 is 2.45 bits per heavy atom. The first-order valence-corrected chi connectivity index (χ1v) is 5.34. The zero-order valence-electron chi connectivity index (χ0n) is 10.5. The van der Waals surface area contributed by atoms with Gasteiger partial charge < -0.3 is 20.3 Å². The van der Waals surface area contributed by atoms with Crippen LogP contribution in [0.2, 0.25) is 0 Å². The van der Waals surface area contributed by atoms with Gasteiger partial charge in [-0.2, -0.15) is 13.2 Å². The number of aromatic nitrogens is 1. The van der Waals surface area contributed by atoms with Crippen molar-refractivity contribution in [1.29, 1.82) is 0 Å². The van der Waals surface area contributed by atoms with Gasteiger partial charge in [-0.3, -0.25) is 0 Å². The van der Waals surface area contributed by atoms with Crippen molar-refractivity contribution >= 4 is 12.0 Å². The molecule has 1 atom stereocenters. The predicted octanol–water partition coefficient (Wildman–Crippen LogP) is 1.19. The van der Waals surface area contributed by atoms with Gasteiger partial charge in [0.2, 0.25) is 5.54 Å². The molecule has 0 fully saturated rings. The molecule has 0 aliphatic heterocycles. The Hall–Kier alpha value is -2.26. The van der Waals surface area contributed by atoms with Crippen LogP contribution in [0.5, 0.6) is 0 Å². The maximum absolute atomic E-state index is 12.6. The van der Waals surface area contributed by atoms with Crippen LogP contribution in [0.4, 0.5) is 18.0 Å². The maximum Gasteiger partial charge on any atom is 0.422 e. The van der Waals surface area contributed by atoms with Gasteiger partial charge in [0.05, 0.1) is 6.54 Å². The van der Waals surface area contributed by atoms with Gasteiger partial charge in [0.25, 0.3) is 0 Å². The third-order valence-electron chi connectivity index (χ3n) is 2.47. The van der Waals surface area contributed by atoms with E-state index in [0.717, 1.165) is 0 Å². The van der Waals surface area contributed by atoms with Gasteiger partial charge in [0.15, 0.2) is 0 Å². The Balaban J connectivity index is 2.66. The minimum atomic E-state index is -5.14. The van der Waals surface area contributed by atoms with Crippen molar-refractivity contribution in [2.45, 2.75) is 32.1 Å². The number of aryl methyl sites for hydroxylation is 1. The highest BCUT2D eigenvalue weighted by atomic mass is 19.4. The van der Waals surface area contributed by atoms with Crippen LogP contribution in [0.15, 0.2) is 10.6 Å². The lowest BCUT2D eigenvalue weighted by molar-refractivity contribution is -0.203. The van der Waals surface area contributed by atoms with E-state index >= 15 is 0 Å². The Morgan fingerprint density at radius 1 is 1.45 bits per heavy atom. The van der Waals surface area contributed by atoms with E-state index in [1.807, 2.05) is 0 Å². The molecule has 0 radical (unpaired) electrons. The molecule has 20 heavy (non-hydrogen) atoms. The first-order valence-electron chi connectivity index (χ1n) is 5.34. The third kappa shape index (κ3) is 3.39. The first-order chi connectivity index (χ1) is 9.06. The van der Waals surface area contributed by atoms with E-state index < -0.39 is 23.7 Å². The molecular weight excluding hydrogens is 283 g/mol. The topological polar surface area (TPSA) is 104 Å². The largest absolute Gasteiger partial charge is 0.479 e. The lowest BCUT2D eigenvalue weighted by Gasteiger charge is -2.28. The summed E-state index contributed by atoms with van der Waals surface area (Å²) in [5, 5.41) is 15.6. The van der Waals surface area contributed by atoms with Gasteiger partial charge in [-0.05, 0) is 13.8 Å². The first kappa shape index (κ1) is 15.8. The summed E-state index contributed by atoms with van der Waals surface area (Å²) in [7, 11) is 0. The van der Waals surface area contributed by atoms with E-state index in [2.05, 4.69) is 10.5 Å². The third-order valence-corrected chi connectivity index (χ3v) is 2.47. The van der Waals surface area contributed by atoms with Crippen LogP contribution in [0.3, 0.4) is 0 Å². The minimum Gasteiger partial charge on any atom is -0.479 e. The molecule has 0 bridgehead atoms. The smallest absolute Gasteiger partial charge is 0.422 e. The summed E-state index contributed by atoms with van der Waals surface area (Å²) in [6.45, 7) is 1.76. The standard InChI is InChI=1S/C10H12F3N3O4/c1-5-3-6(16-20-5)4-14-8(19)15-9(2,7(17)18)10(11,12)13/h3H,4H2,1-2H3,(H,17,18)(H2,14,15,19). The SMILES string of the molecule is Cc1cc(CNC(=O)NC(C)(C(=O)O)C(F)(F)F)no1. The van der Waals surface area contributed by atoms with Crippen molar-refractivity contribution in [3.8, 4) is 0 Å². The summed E-state index contributed by atoms with van der Waals surface area (Å²) in [6, 6.07) is 0.188. The molecule has 0 aliphatic carbocycles. The second-order valence-corrected chi connectivity index (χ2v) is 4.16. The summed E-state index contributed by atoms with van der Waals surface area (Å²) in [6.07, 6.45) is -5.14. The fraction of sp³-hybridized carbons (Fsp3) is 0.500. The van der Waals surface area contributed by atoms with Gasteiger partial charge in [-0.15, -0.1) is 0 Å². The zero-order valence-corrected chi connectivity index (χ0v) is 10.5. The molecule has 112 valence electrons. The van der Waals surface area contributed by atoms with Crippen LogP contribution in [-0.2, 0) is 11.3 Å². The quantitative estimate of drug-likeness (QED) is 0.774. The second kappa shape index (κ2) is 5.39. The molecule has 1 aromatic heterocycles. The molecule has 10 heteroatoms. The van der Waals surface area contributed by atoms with Gasteiger partial charge in [0, 0.05) is 6.07 Å². The molecule has 0 aliphatic rings. The lowest BCUT2D eigenvalue weighted by atomic mass is 10.0. The van der Waals surface area contributed by atoms with Crippen molar-refractivity contribution in [3.05, 3.63) is 17.5 Å². The normalized spacial score (nSPS) is 14.4. The molecule has 3 N–H and O–H groups in total. The summed E-state index contributed by atoms with van der Waals surface area (Å²) in [5.74, 6) is -1.75. The van der Waals surface area contributed by atoms with Crippen molar-refractivity contribution in [1.82, 2.24) is 15.8 Å². The Bertz CT molecular complexity index is 514. The molecular formula is C10H12F3N3O4. The van der Waals surface area contributed by atoms with Gasteiger partial charge in [-0.25, -0.2) is 9.59 Å². The van der Waals surface area contributed by atoms with E-state index in [1.165, 1.54) is 11.4 Å². The zero-order chi connectivity index (χ0) is 15.6. The van der Waals surface area contributed by atoms with Crippen molar-refractivity contribution in [2.24, 2.45) is 0 Å². The summed E-state index contributed by atoms with van der Waals surface area (Å²) in [4.78, 5) is 22.0. The maximum atomic E-state index is 12.6. The molecule has 2 amide bonds. The van der Waals surface area contributed by atoms with Crippen molar-refractivity contribution in [2.75, 3.05) is 0 Å². The van der Waals surface area contributed by atoms with Crippen LogP contribution in [0, 0.1) is 6.92 Å². The van der Waals surface area contributed by atoms with E-state index in [0.29, 0.717) is 18.4 Å². The molecule has 1 aromatic rings. The monoisotopic (exact) mass is 295 g/mol. The molecule has 1 heterocycles. The van der Waals surface area contributed by atoms with Crippen LogP contribution in [0.1, 0.15) is 18.4 Å². The van der Waals surface area contributed by atoms with Gasteiger partial charge in [0.1, 0.15) is 11.5 Å². The Labute approximate surface area is 111 Å². The fourth-order valence-corrected chi connectivity index (χ4v) is 1.19. The van der Waals surface area contributed by atoms with E-state index in [-0.39, 0.29) is 6.54 Å². The number of carbonyl (C=O) groups is 2. The van der Waals surface area contributed by atoms with Crippen LogP contribution in [-0.4, -0.2) is 34.0 Å². The molecule has 0 saturated carbocycles. The average molecular weight is 295 g/mol. The number of carboxylic acid groups (broad SMARTS) is 1. The number of nitrogens with zero attached hydrogens (tertiary/aromatic N) is 1.